The van der Waals surface area contributed by atoms with Crippen LogP contribution in [0.15, 0.2) is 48.5 Å². The number of ketones is 1. The minimum atomic E-state index is -0.717. The molecule has 4 nitrogen and oxygen atoms in total. The van der Waals surface area contributed by atoms with Gasteiger partial charge in [-0.25, -0.2) is 4.39 Å². The fourth-order valence-corrected chi connectivity index (χ4v) is 2.34. The van der Waals surface area contributed by atoms with Crippen LogP contribution in [0, 0.1) is 5.82 Å². The molecule has 1 amide bonds. The number of hydrogen-bond donors (Lipinski definition) is 0. The van der Waals surface area contributed by atoms with Crippen molar-refractivity contribution in [1.29, 1.82) is 0 Å². The first-order chi connectivity index (χ1) is 11.4. The lowest BCUT2D eigenvalue weighted by atomic mass is 10.1. The Labute approximate surface area is 140 Å². The number of carbonyl (C=O) groups excluding carboxylic acids is 2. The SMILES string of the molecule is CC(=O)c1cccc(OC(C)C(=O)N(C)Cc2cccc(F)c2)c1. The molecular formula is C19H20FNO3. The van der Waals surface area contributed by atoms with Gasteiger partial charge in [-0.1, -0.05) is 24.3 Å². The van der Waals surface area contributed by atoms with Crippen molar-refractivity contribution in [2.75, 3.05) is 7.05 Å². The van der Waals surface area contributed by atoms with E-state index in [9.17, 15) is 14.0 Å². The fourth-order valence-electron chi connectivity index (χ4n) is 2.34. The Morgan fingerprint density at radius 3 is 2.54 bits per heavy atom. The highest BCUT2D eigenvalue weighted by atomic mass is 19.1. The lowest BCUT2D eigenvalue weighted by molar-refractivity contribution is -0.137. The van der Waals surface area contributed by atoms with Gasteiger partial charge in [-0.05, 0) is 43.7 Å². The Hall–Kier alpha value is -2.69. The van der Waals surface area contributed by atoms with Crippen molar-refractivity contribution in [3.63, 3.8) is 0 Å². The molecule has 0 spiro atoms. The number of halogens is 1. The molecule has 2 aromatic carbocycles. The molecule has 24 heavy (non-hydrogen) atoms. The lowest BCUT2D eigenvalue weighted by Gasteiger charge is -2.22. The predicted molar refractivity (Wildman–Crippen MR) is 89.4 cm³/mol. The highest BCUT2D eigenvalue weighted by Gasteiger charge is 2.19. The minimum absolute atomic E-state index is 0.0670. The van der Waals surface area contributed by atoms with Crippen LogP contribution in [0.5, 0.6) is 5.75 Å². The summed E-state index contributed by atoms with van der Waals surface area (Å²) in [7, 11) is 1.64. The highest BCUT2D eigenvalue weighted by molar-refractivity contribution is 5.94. The standard InChI is InChI=1S/C19H20FNO3/c1-13(22)16-7-5-9-18(11-16)24-14(2)19(23)21(3)12-15-6-4-8-17(20)10-15/h4-11,14H,12H2,1-3H3. The highest BCUT2D eigenvalue weighted by Crippen LogP contribution is 2.16. The van der Waals surface area contributed by atoms with Crippen LogP contribution in [-0.4, -0.2) is 29.7 Å². The van der Waals surface area contributed by atoms with Gasteiger partial charge in [-0.3, -0.25) is 9.59 Å². The summed E-state index contributed by atoms with van der Waals surface area (Å²) in [5.41, 5.74) is 1.23. The molecule has 1 atom stereocenters. The van der Waals surface area contributed by atoms with Crippen LogP contribution in [0.1, 0.15) is 29.8 Å². The van der Waals surface area contributed by atoms with Crippen molar-refractivity contribution in [3.8, 4) is 5.75 Å². The van der Waals surface area contributed by atoms with E-state index in [0.717, 1.165) is 0 Å². The van der Waals surface area contributed by atoms with Crippen molar-refractivity contribution >= 4 is 11.7 Å². The molecule has 2 aromatic rings. The number of likely N-dealkylation sites (N-methyl/N-ethyl adjacent to an activating group) is 1. The summed E-state index contributed by atoms with van der Waals surface area (Å²) in [6.45, 7) is 3.41. The number of benzene rings is 2. The van der Waals surface area contributed by atoms with E-state index in [0.29, 0.717) is 16.9 Å². The first-order valence-corrected chi connectivity index (χ1v) is 7.64. The molecule has 0 fully saturated rings. The maximum Gasteiger partial charge on any atom is 0.263 e. The smallest absolute Gasteiger partial charge is 0.263 e. The maximum atomic E-state index is 13.2. The number of carbonyl (C=O) groups is 2. The van der Waals surface area contributed by atoms with Crippen LogP contribution < -0.4 is 4.74 Å². The van der Waals surface area contributed by atoms with E-state index in [2.05, 4.69) is 0 Å². The monoisotopic (exact) mass is 329 g/mol. The van der Waals surface area contributed by atoms with Gasteiger partial charge < -0.3 is 9.64 Å². The average molecular weight is 329 g/mol. The summed E-state index contributed by atoms with van der Waals surface area (Å²) < 4.78 is 18.8. The van der Waals surface area contributed by atoms with Crippen molar-refractivity contribution in [3.05, 3.63) is 65.5 Å². The number of amides is 1. The van der Waals surface area contributed by atoms with Gasteiger partial charge in [0, 0.05) is 19.2 Å². The van der Waals surface area contributed by atoms with Gasteiger partial charge in [0.25, 0.3) is 5.91 Å². The Morgan fingerprint density at radius 2 is 1.88 bits per heavy atom. The number of hydrogen-bond acceptors (Lipinski definition) is 3. The van der Waals surface area contributed by atoms with Gasteiger partial charge in [-0.15, -0.1) is 0 Å². The van der Waals surface area contributed by atoms with Gasteiger partial charge in [-0.2, -0.15) is 0 Å². The van der Waals surface area contributed by atoms with Gasteiger partial charge >= 0.3 is 0 Å². The molecule has 0 saturated heterocycles. The van der Waals surface area contributed by atoms with E-state index in [-0.39, 0.29) is 24.1 Å². The molecule has 126 valence electrons. The van der Waals surface area contributed by atoms with E-state index in [4.69, 9.17) is 4.74 Å². The van der Waals surface area contributed by atoms with Gasteiger partial charge in [0.15, 0.2) is 11.9 Å². The van der Waals surface area contributed by atoms with Crippen molar-refractivity contribution in [2.45, 2.75) is 26.5 Å². The zero-order valence-corrected chi connectivity index (χ0v) is 14.0. The number of Topliss-reactive ketones (excluding diaryl/α,β-unsaturated/α-hetero) is 1. The first-order valence-electron chi connectivity index (χ1n) is 7.64. The molecule has 0 aromatic heterocycles. The topological polar surface area (TPSA) is 46.6 Å². The third-order valence-corrected chi connectivity index (χ3v) is 3.59. The first kappa shape index (κ1) is 17.7. The number of rotatable bonds is 6. The average Bonchev–Trinajstić information content (AvgIpc) is 2.54. The van der Waals surface area contributed by atoms with Crippen LogP contribution in [0.4, 0.5) is 4.39 Å². The van der Waals surface area contributed by atoms with Crippen LogP contribution in [0.2, 0.25) is 0 Å². The molecule has 1 unspecified atom stereocenters. The zero-order valence-electron chi connectivity index (χ0n) is 14.0. The van der Waals surface area contributed by atoms with Crippen LogP contribution in [-0.2, 0) is 11.3 Å². The van der Waals surface area contributed by atoms with Crippen LogP contribution in [0.3, 0.4) is 0 Å². The Bertz CT molecular complexity index is 745. The van der Waals surface area contributed by atoms with Crippen molar-refractivity contribution in [1.82, 2.24) is 4.90 Å². The third-order valence-electron chi connectivity index (χ3n) is 3.59. The Balaban J connectivity index is 2.00. The molecule has 0 saturated carbocycles. The molecule has 0 N–H and O–H groups in total. The normalized spacial score (nSPS) is 11.7. The molecule has 0 heterocycles. The van der Waals surface area contributed by atoms with E-state index in [1.54, 1.807) is 50.4 Å². The molecule has 0 radical (unpaired) electrons. The van der Waals surface area contributed by atoms with E-state index in [1.807, 2.05) is 0 Å². The fraction of sp³-hybridized carbons (Fsp3) is 0.263. The molecule has 0 aliphatic carbocycles. The molecular weight excluding hydrogens is 309 g/mol. The minimum Gasteiger partial charge on any atom is -0.481 e. The Morgan fingerprint density at radius 1 is 1.17 bits per heavy atom. The third kappa shape index (κ3) is 4.65. The number of ether oxygens (including phenoxy) is 1. The quantitative estimate of drug-likeness (QED) is 0.763. The molecule has 5 heteroatoms. The second-order valence-corrected chi connectivity index (χ2v) is 5.67. The maximum absolute atomic E-state index is 13.2. The molecule has 2 rings (SSSR count). The molecule has 0 aliphatic heterocycles. The van der Waals surface area contributed by atoms with Crippen molar-refractivity contribution in [2.24, 2.45) is 0 Å². The summed E-state index contributed by atoms with van der Waals surface area (Å²) in [4.78, 5) is 25.3. The summed E-state index contributed by atoms with van der Waals surface area (Å²) in [6.07, 6.45) is -0.717. The van der Waals surface area contributed by atoms with E-state index < -0.39 is 6.10 Å². The zero-order chi connectivity index (χ0) is 17.7. The predicted octanol–water partition coefficient (Wildman–Crippen LogP) is 3.45. The number of nitrogens with zero attached hydrogens (tertiary/aromatic N) is 1. The van der Waals surface area contributed by atoms with Crippen molar-refractivity contribution < 1.29 is 18.7 Å². The second-order valence-electron chi connectivity index (χ2n) is 5.67. The lowest BCUT2D eigenvalue weighted by Crippen LogP contribution is -2.37. The van der Waals surface area contributed by atoms with Gasteiger partial charge in [0.1, 0.15) is 11.6 Å². The molecule has 0 aliphatic rings. The van der Waals surface area contributed by atoms with E-state index >= 15 is 0 Å². The summed E-state index contributed by atoms with van der Waals surface area (Å²) in [6, 6.07) is 12.8. The van der Waals surface area contributed by atoms with Crippen LogP contribution >= 0.6 is 0 Å². The van der Waals surface area contributed by atoms with Crippen LogP contribution in [0.25, 0.3) is 0 Å². The summed E-state index contributed by atoms with van der Waals surface area (Å²) in [5, 5.41) is 0. The largest absolute Gasteiger partial charge is 0.481 e. The summed E-state index contributed by atoms with van der Waals surface area (Å²) >= 11 is 0. The summed E-state index contributed by atoms with van der Waals surface area (Å²) in [5.74, 6) is -0.170. The van der Waals surface area contributed by atoms with E-state index in [1.165, 1.54) is 24.0 Å². The van der Waals surface area contributed by atoms with Gasteiger partial charge in [0.05, 0.1) is 0 Å². The Kier molecular flexibility index (Phi) is 5.68. The second kappa shape index (κ2) is 7.73. The molecule has 0 bridgehead atoms. The van der Waals surface area contributed by atoms with Gasteiger partial charge in [0.2, 0.25) is 0 Å².